The van der Waals surface area contributed by atoms with Crippen LogP contribution in [0.15, 0.2) is 60.7 Å². The Labute approximate surface area is 184 Å². The van der Waals surface area contributed by atoms with E-state index in [4.69, 9.17) is 0 Å². The largest absolute Gasteiger partial charge is 0.293 e. The molecule has 0 N–H and O–H groups in total. The molecule has 3 aromatic carbocycles. The molecule has 3 aliphatic carbocycles. The topological polar surface area (TPSA) is 80.5 Å². The molecule has 4 aliphatic rings. The minimum absolute atomic E-state index is 0.0787. The zero-order valence-electron chi connectivity index (χ0n) is 17.6. The van der Waals surface area contributed by atoms with Gasteiger partial charge in [0.2, 0.25) is 11.8 Å². The van der Waals surface area contributed by atoms with E-state index in [0.29, 0.717) is 0 Å². The van der Waals surface area contributed by atoms with Gasteiger partial charge in [0.25, 0.3) is 5.69 Å². The summed E-state index contributed by atoms with van der Waals surface area (Å²) in [5.41, 5.74) is 5.73. The average Bonchev–Trinajstić information content (AvgIpc) is 3.06. The first-order valence-electron chi connectivity index (χ1n) is 10.7. The first-order chi connectivity index (χ1) is 15.4. The fraction of sp³-hybridized carbons (Fsp3) is 0.231. The van der Waals surface area contributed by atoms with Crippen LogP contribution in [0.2, 0.25) is 0 Å². The number of nitro benzene ring substituents is 1. The zero-order chi connectivity index (χ0) is 22.3. The van der Waals surface area contributed by atoms with Gasteiger partial charge in [-0.15, -0.1) is 0 Å². The molecule has 158 valence electrons. The number of rotatable bonds is 2. The smallest absolute Gasteiger partial charge is 0.274 e. The van der Waals surface area contributed by atoms with E-state index in [2.05, 4.69) is 0 Å². The zero-order valence-corrected chi connectivity index (χ0v) is 17.6. The second kappa shape index (κ2) is 6.36. The molecule has 0 radical (unpaired) electrons. The Bertz CT molecular complexity index is 1250. The average molecular weight is 424 g/mol. The fourth-order valence-corrected chi connectivity index (χ4v) is 6.03. The van der Waals surface area contributed by atoms with Crippen LogP contribution in [0.1, 0.15) is 45.2 Å². The van der Waals surface area contributed by atoms with E-state index in [9.17, 15) is 19.7 Å². The molecule has 32 heavy (non-hydrogen) atoms. The van der Waals surface area contributed by atoms with Gasteiger partial charge in [-0.25, -0.2) is 4.90 Å². The molecule has 7 rings (SSSR count). The van der Waals surface area contributed by atoms with Gasteiger partial charge in [-0.1, -0.05) is 48.5 Å². The number of hydrogen-bond donors (Lipinski definition) is 0. The molecule has 1 saturated heterocycles. The Morgan fingerprint density at radius 2 is 1.16 bits per heavy atom. The molecule has 6 heteroatoms. The van der Waals surface area contributed by atoms with E-state index in [1.807, 2.05) is 55.5 Å². The van der Waals surface area contributed by atoms with Gasteiger partial charge < -0.3 is 0 Å². The van der Waals surface area contributed by atoms with Crippen LogP contribution in [0.4, 0.5) is 11.4 Å². The first kappa shape index (κ1) is 18.9. The van der Waals surface area contributed by atoms with Crippen molar-refractivity contribution in [2.24, 2.45) is 11.8 Å². The summed E-state index contributed by atoms with van der Waals surface area (Å²) in [4.78, 5) is 40.0. The van der Waals surface area contributed by atoms with E-state index in [0.717, 1.165) is 38.3 Å². The summed E-state index contributed by atoms with van der Waals surface area (Å²) in [6.45, 7) is 3.61. The van der Waals surface area contributed by atoms with Crippen molar-refractivity contribution in [2.45, 2.75) is 25.7 Å². The second-order valence-electron chi connectivity index (χ2n) is 8.96. The van der Waals surface area contributed by atoms with Crippen LogP contribution in [0.5, 0.6) is 0 Å². The summed E-state index contributed by atoms with van der Waals surface area (Å²) < 4.78 is 0. The van der Waals surface area contributed by atoms with Crippen LogP contribution in [0.25, 0.3) is 0 Å². The SMILES string of the molecule is Cc1cc(N2C(=O)C3C4c5ccccc5C(c5ccccc54)C3C2=O)c([N+](=O)[O-])cc1C. The number of nitro groups is 1. The van der Waals surface area contributed by atoms with Crippen LogP contribution in [0.3, 0.4) is 0 Å². The van der Waals surface area contributed by atoms with E-state index in [-0.39, 0.29) is 35.0 Å². The van der Waals surface area contributed by atoms with Crippen LogP contribution in [-0.4, -0.2) is 16.7 Å². The third kappa shape index (κ3) is 2.24. The Morgan fingerprint density at radius 3 is 1.56 bits per heavy atom. The summed E-state index contributed by atoms with van der Waals surface area (Å²) in [5.74, 6) is -2.26. The van der Waals surface area contributed by atoms with Crippen molar-refractivity contribution in [1.29, 1.82) is 0 Å². The third-order valence-electron chi connectivity index (χ3n) is 7.48. The summed E-state index contributed by atoms with van der Waals surface area (Å²) in [5, 5.41) is 11.8. The molecule has 2 unspecified atom stereocenters. The molecule has 3 aromatic rings. The summed E-state index contributed by atoms with van der Waals surface area (Å²) in [6, 6.07) is 19.1. The lowest BCUT2D eigenvalue weighted by Crippen LogP contribution is -2.41. The molecular weight excluding hydrogens is 404 g/mol. The number of benzene rings is 3. The molecule has 2 atom stereocenters. The number of nitrogens with zero attached hydrogens (tertiary/aromatic N) is 2. The van der Waals surface area contributed by atoms with Crippen molar-refractivity contribution in [2.75, 3.05) is 4.90 Å². The Kier molecular flexibility index (Phi) is 3.76. The Morgan fingerprint density at radius 1 is 0.750 bits per heavy atom. The van der Waals surface area contributed by atoms with Crippen LogP contribution >= 0.6 is 0 Å². The van der Waals surface area contributed by atoms with Gasteiger partial charge in [0, 0.05) is 17.9 Å². The first-order valence-corrected chi connectivity index (χ1v) is 10.7. The van der Waals surface area contributed by atoms with Crippen molar-refractivity contribution in [3.63, 3.8) is 0 Å². The normalized spacial score (nSPS) is 24.9. The predicted molar refractivity (Wildman–Crippen MR) is 119 cm³/mol. The minimum atomic E-state index is -0.557. The maximum absolute atomic E-state index is 13.8. The molecule has 1 heterocycles. The summed E-state index contributed by atoms with van der Waals surface area (Å²) in [6.07, 6.45) is 0. The van der Waals surface area contributed by atoms with E-state index in [1.54, 1.807) is 13.0 Å². The maximum atomic E-state index is 13.8. The van der Waals surface area contributed by atoms with Crippen LogP contribution in [-0.2, 0) is 9.59 Å². The van der Waals surface area contributed by atoms with Gasteiger partial charge in [0.1, 0.15) is 5.69 Å². The number of carbonyl (C=O) groups excluding carboxylic acids is 2. The molecule has 1 fully saturated rings. The highest BCUT2D eigenvalue weighted by Crippen LogP contribution is 2.61. The summed E-state index contributed by atoms with van der Waals surface area (Å²) >= 11 is 0. The van der Waals surface area contributed by atoms with Gasteiger partial charge in [-0.05, 0) is 53.3 Å². The minimum Gasteiger partial charge on any atom is -0.274 e. The lowest BCUT2D eigenvalue weighted by Gasteiger charge is -2.45. The lowest BCUT2D eigenvalue weighted by atomic mass is 9.55. The standard InChI is InChI=1S/C26H20N2O4/c1-13-11-19(20(28(31)32)12-14(13)2)27-25(29)23-21-15-7-3-4-8-16(15)22(24(23)26(27)30)18-10-6-5-9-17(18)21/h3-12,21-24H,1-2H3. The molecule has 1 aliphatic heterocycles. The van der Waals surface area contributed by atoms with Gasteiger partial charge in [0.15, 0.2) is 0 Å². The van der Waals surface area contributed by atoms with Gasteiger partial charge in [-0.2, -0.15) is 0 Å². The monoisotopic (exact) mass is 424 g/mol. The number of aryl methyl sites for hydroxylation is 2. The maximum Gasteiger partial charge on any atom is 0.293 e. The molecule has 0 saturated carbocycles. The van der Waals surface area contributed by atoms with Gasteiger partial charge >= 0.3 is 0 Å². The van der Waals surface area contributed by atoms with E-state index < -0.39 is 16.8 Å². The molecule has 0 spiro atoms. The van der Waals surface area contributed by atoms with Crippen molar-refractivity contribution in [3.05, 3.63) is 104 Å². The molecule has 6 nitrogen and oxygen atoms in total. The third-order valence-corrected chi connectivity index (χ3v) is 7.48. The highest BCUT2D eigenvalue weighted by Gasteiger charge is 2.62. The highest BCUT2D eigenvalue weighted by molar-refractivity contribution is 6.24. The molecule has 0 aromatic heterocycles. The number of imide groups is 1. The highest BCUT2D eigenvalue weighted by atomic mass is 16.6. The molecular formula is C26H20N2O4. The number of carbonyl (C=O) groups is 2. The van der Waals surface area contributed by atoms with Crippen molar-refractivity contribution in [3.8, 4) is 0 Å². The van der Waals surface area contributed by atoms with E-state index >= 15 is 0 Å². The Hall–Kier alpha value is -3.80. The summed E-state index contributed by atoms with van der Waals surface area (Å²) in [7, 11) is 0. The number of anilines is 1. The lowest BCUT2D eigenvalue weighted by molar-refractivity contribution is -0.384. The molecule has 2 bridgehead atoms. The predicted octanol–water partition coefficient (Wildman–Crippen LogP) is 4.61. The van der Waals surface area contributed by atoms with Crippen molar-refractivity contribution < 1.29 is 14.5 Å². The van der Waals surface area contributed by atoms with E-state index in [1.165, 1.54) is 6.07 Å². The Balaban J connectivity index is 1.57. The number of amides is 2. The quantitative estimate of drug-likeness (QED) is 0.342. The van der Waals surface area contributed by atoms with Crippen LogP contribution in [0, 0.1) is 35.8 Å². The van der Waals surface area contributed by atoms with Gasteiger partial charge in [0.05, 0.1) is 16.8 Å². The second-order valence-corrected chi connectivity index (χ2v) is 8.96. The fourth-order valence-electron chi connectivity index (χ4n) is 6.03. The van der Waals surface area contributed by atoms with Crippen LogP contribution < -0.4 is 4.90 Å². The van der Waals surface area contributed by atoms with Crippen molar-refractivity contribution in [1.82, 2.24) is 0 Å². The number of hydrogen-bond acceptors (Lipinski definition) is 4. The van der Waals surface area contributed by atoms with Gasteiger partial charge in [-0.3, -0.25) is 19.7 Å². The molecule has 2 amide bonds. The van der Waals surface area contributed by atoms with Crippen molar-refractivity contribution >= 4 is 23.2 Å².